The fraction of sp³-hybridized carbons (Fsp3) is 0.400. The van der Waals surface area contributed by atoms with Crippen LogP contribution in [0, 0.1) is 0 Å². The highest BCUT2D eigenvalue weighted by Crippen LogP contribution is 2.37. The van der Waals surface area contributed by atoms with Gasteiger partial charge in [0, 0.05) is 43.7 Å². The summed E-state index contributed by atoms with van der Waals surface area (Å²) in [7, 11) is 0. The second-order valence-electron chi connectivity index (χ2n) is 8.93. The third kappa shape index (κ3) is 2.99. The predicted molar refractivity (Wildman–Crippen MR) is 122 cm³/mol. The summed E-state index contributed by atoms with van der Waals surface area (Å²) < 4.78 is 7.09. The molecular formula is C25H26N4O3. The van der Waals surface area contributed by atoms with Gasteiger partial charge in [-0.25, -0.2) is 4.98 Å². The smallest absolute Gasteiger partial charge is 0.313 e. The van der Waals surface area contributed by atoms with Crippen molar-refractivity contribution in [2.24, 2.45) is 0 Å². The summed E-state index contributed by atoms with van der Waals surface area (Å²) in [5.74, 6) is -0.626. The first-order valence-electron chi connectivity index (χ1n) is 11.4. The van der Waals surface area contributed by atoms with Crippen LogP contribution in [-0.2, 0) is 29.2 Å². The Morgan fingerprint density at radius 1 is 1.19 bits per heavy atom. The molecule has 1 unspecified atom stereocenters. The summed E-state index contributed by atoms with van der Waals surface area (Å²) in [6.07, 6.45) is 0.613. The molecule has 1 atom stereocenters. The van der Waals surface area contributed by atoms with Crippen molar-refractivity contribution in [1.82, 2.24) is 19.8 Å². The Morgan fingerprint density at radius 2 is 2.03 bits per heavy atom. The highest BCUT2D eigenvalue weighted by atomic mass is 16.5. The van der Waals surface area contributed by atoms with Gasteiger partial charge in [-0.2, -0.15) is 0 Å². The molecule has 32 heavy (non-hydrogen) atoms. The van der Waals surface area contributed by atoms with Gasteiger partial charge in [-0.3, -0.25) is 14.5 Å². The highest BCUT2D eigenvalue weighted by molar-refractivity contribution is 5.87. The fourth-order valence-electron chi connectivity index (χ4n) is 5.33. The van der Waals surface area contributed by atoms with Crippen molar-refractivity contribution >= 4 is 16.9 Å². The molecule has 7 nitrogen and oxygen atoms in total. The highest BCUT2D eigenvalue weighted by Gasteiger charge is 2.34. The number of nitrogens with zero attached hydrogens (tertiary/aromatic N) is 3. The lowest BCUT2D eigenvalue weighted by Crippen LogP contribution is -2.42. The van der Waals surface area contributed by atoms with Gasteiger partial charge in [0.2, 0.25) is 0 Å². The van der Waals surface area contributed by atoms with Crippen LogP contribution in [0.1, 0.15) is 41.5 Å². The standard InChI is InChI=1S/C25H26N4O3/c1-2-17-19-11-22-23-16(13-29(22)24(30)20(19)14-32-25(17)31)10-18-15(4-3-5-21(18)27-23)12-28-8-6-26-7-9-28/h3-5,10-11,17,26H,2,6-9,12-14H2,1H3. The topological polar surface area (TPSA) is 76.5 Å². The van der Waals surface area contributed by atoms with E-state index in [1.165, 1.54) is 5.56 Å². The molecule has 0 spiro atoms. The molecule has 0 bridgehead atoms. The molecule has 0 radical (unpaired) electrons. The van der Waals surface area contributed by atoms with Gasteiger partial charge in [-0.1, -0.05) is 19.1 Å². The lowest BCUT2D eigenvalue weighted by molar-refractivity contribution is -0.148. The molecule has 1 aromatic carbocycles. The van der Waals surface area contributed by atoms with Crippen LogP contribution in [0.25, 0.3) is 22.3 Å². The quantitative estimate of drug-likeness (QED) is 0.503. The van der Waals surface area contributed by atoms with Gasteiger partial charge in [-0.05, 0) is 35.7 Å². The number of cyclic esters (lactones) is 1. The molecule has 0 amide bonds. The number of esters is 1. The van der Waals surface area contributed by atoms with Crippen LogP contribution in [0.4, 0.5) is 0 Å². The molecule has 2 aromatic heterocycles. The van der Waals surface area contributed by atoms with Crippen molar-refractivity contribution in [3.05, 3.63) is 62.9 Å². The van der Waals surface area contributed by atoms with Gasteiger partial charge < -0.3 is 14.6 Å². The number of aromatic nitrogens is 2. The first-order valence-corrected chi connectivity index (χ1v) is 11.4. The molecule has 7 heteroatoms. The van der Waals surface area contributed by atoms with Crippen LogP contribution < -0.4 is 10.9 Å². The maximum atomic E-state index is 13.3. The van der Waals surface area contributed by atoms with E-state index in [1.807, 2.05) is 19.1 Å². The van der Waals surface area contributed by atoms with Crippen molar-refractivity contribution in [2.75, 3.05) is 26.2 Å². The Bertz CT molecular complexity index is 1310. The Balaban J connectivity index is 1.46. The maximum Gasteiger partial charge on any atom is 0.313 e. The van der Waals surface area contributed by atoms with Gasteiger partial charge in [0.25, 0.3) is 5.56 Å². The molecule has 1 saturated heterocycles. The Kier molecular flexibility index (Phi) is 4.62. The second kappa shape index (κ2) is 7.53. The van der Waals surface area contributed by atoms with Gasteiger partial charge in [0.1, 0.15) is 6.61 Å². The number of fused-ring (bicyclic) bond motifs is 5. The number of pyridine rings is 2. The molecule has 164 valence electrons. The zero-order valence-electron chi connectivity index (χ0n) is 18.2. The lowest BCUT2D eigenvalue weighted by Gasteiger charge is -2.27. The second-order valence-corrected chi connectivity index (χ2v) is 8.93. The molecule has 1 N–H and O–H groups in total. The minimum absolute atomic E-state index is 0.0599. The SMILES string of the molecule is CCC1C(=O)OCc2c1cc1n(c2=O)Cc2cc3c(CN4CCNCC4)cccc3nc2-1. The number of carbonyl (C=O) groups excluding carboxylic acids is 1. The van der Waals surface area contributed by atoms with Gasteiger partial charge in [0.15, 0.2) is 0 Å². The normalized spacial score (nSPS) is 20.0. The zero-order chi connectivity index (χ0) is 21.8. The molecule has 5 heterocycles. The van der Waals surface area contributed by atoms with E-state index in [9.17, 15) is 9.59 Å². The Hall–Kier alpha value is -3.03. The summed E-state index contributed by atoms with van der Waals surface area (Å²) in [5, 5.41) is 4.56. The molecule has 3 aliphatic rings. The first-order chi connectivity index (χ1) is 15.6. The average molecular weight is 431 g/mol. The molecule has 3 aromatic rings. The number of carbonyl (C=O) groups is 1. The van der Waals surface area contributed by atoms with Crippen molar-refractivity contribution in [3.8, 4) is 11.4 Å². The zero-order valence-corrected chi connectivity index (χ0v) is 18.2. The maximum absolute atomic E-state index is 13.3. The van der Waals surface area contributed by atoms with Gasteiger partial charge in [0.05, 0.1) is 34.9 Å². The number of hydrogen-bond donors (Lipinski definition) is 1. The number of nitrogens with one attached hydrogen (secondary N) is 1. The first kappa shape index (κ1) is 19.6. The predicted octanol–water partition coefficient (Wildman–Crippen LogP) is 2.38. The van der Waals surface area contributed by atoms with E-state index in [0.717, 1.165) is 66.1 Å². The number of piperazine rings is 1. The van der Waals surface area contributed by atoms with E-state index in [2.05, 4.69) is 28.4 Å². The van der Waals surface area contributed by atoms with Gasteiger partial charge in [-0.15, -0.1) is 0 Å². The number of benzene rings is 1. The van der Waals surface area contributed by atoms with Crippen molar-refractivity contribution < 1.29 is 9.53 Å². The van der Waals surface area contributed by atoms with E-state index in [1.54, 1.807) is 4.57 Å². The summed E-state index contributed by atoms with van der Waals surface area (Å²) in [4.78, 5) is 33.0. The number of ether oxygens (including phenoxy) is 1. The Morgan fingerprint density at radius 3 is 2.84 bits per heavy atom. The molecule has 6 rings (SSSR count). The third-order valence-electron chi connectivity index (χ3n) is 7.06. The number of rotatable bonds is 3. The van der Waals surface area contributed by atoms with Gasteiger partial charge >= 0.3 is 5.97 Å². The van der Waals surface area contributed by atoms with Crippen LogP contribution in [0.2, 0.25) is 0 Å². The van der Waals surface area contributed by atoms with E-state index in [-0.39, 0.29) is 24.1 Å². The van der Waals surface area contributed by atoms with E-state index >= 15 is 0 Å². The van der Waals surface area contributed by atoms with Crippen LogP contribution >= 0.6 is 0 Å². The van der Waals surface area contributed by atoms with Crippen LogP contribution in [0.15, 0.2) is 35.1 Å². The molecule has 1 fully saturated rings. The van der Waals surface area contributed by atoms with Crippen molar-refractivity contribution in [1.29, 1.82) is 0 Å². The summed E-state index contributed by atoms with van der Waals surface area (Å²) in [5.41, 5.74) is 6.29. The van der Waals surface area contributed by atoms with Crippen LogP contribution in [0.3, 0.4) is 0 Å². The fourth-order valence-corrected chi connectivity index (χ4v) is 5.33. The van der Waals surface area contributed by atoms with Crippen LogP contribution in [0.5, 0.6) is 0 Å². The largest absolute Gasteiger partial charge is 0.460 e. The molecule has 3 aliphatic heterocycles. The minimum Gasteiger partial charge on any atom is -0.460 e. The Labute approximate surface area is 186 Å². The third-order valence-corrected chi connectivity index (χ3v) is 7.06. The summed E-state index contributed by atoms with van der Waals surface area (Å²) in [6.45, 7) is 7.54. The molecule has 0 aliphatic carbocycles. The van der Waals surface area contributed by atoms with E-state index in [0.29, 0.717) is 18.5 Å². The number of hydrogen-bond acceptors (Lipinski definition) is 6. The van der Waals surface area contributed by atoms with E-state index in [4.69, 9.17) is 9.72 Å². The van der Waals surface area contributed by atoms with Crippen molar-refractivity contribution in [2.45, 2.75) is 39.0 Å². The average Bonchev–Trinajstić information content (AvgIpc) is 3.17. The minimum atomic E-state index is -0.382. The molecule has 0 saturated carbocycles. The monoisotopic (exact) mass is 430 g/mol. The lowest BCUT2D eigenvalue weighted by atomic mass is 9.90. The van der Waals surface area contributed by atoms with E-state index < -0.39 is 0 Å². The van der Waals surface area contributed by atoms with Crippen molar-refractivity contribution in [3.63, 3.8) is 0 Å². The van der Waals surface area contributed by atoms with Crippen LogP contribution in [-0.4, -0.2) is 46.6 Å². The molecular weight excluding hydrogens is 404 g/mol. The summed E-state index contributed by atoms with van der Waals surface area (Å²) in [6, 6.07) is 10.5. The summed E-state index contributed by atoms with van der Waals surface area (Å²) >= 11 is 0.